The summed E-state index contributed by atoms with van der Waals surface area (Å²) in [5.41, 5.74) is 2.47. The van der Waals surface area contributed by atoms with Crippen molar-refractivity contribution in [2.45, 2.75) is 32.6 Å². The highest BCUT2D eigenvalue weighted by atomic mass is 16.5. The lowest BCUT2D eigenvalue weighted by molar-refractivity contribution is -0.146. The second-order valence-corrected chi connectivity index (χ2v) is 6.86. The van der Waals surface area contributed by atoms with Crippen LogP contribution < -0.4 is 0 Å². The lowest BCUT2D eigenvalue weighted by Crippen LogP contribution is -2.40. The third-order valence-electron chi connectivity index (χ3n) is 4.87. The number of likely N-dealkylation sites (tertiary alicyclic amines) is 1. The van der Waals surface area contributed by atoms with Crippen molar-refractivity contribution in [3.05, 3.63) is 41.6 Å². The van der Waals surface area contributed by atoms with Gasteiger partial charge in [-0.3, -0.25) is 14.6 Å². The normalized spacial score (nSPS) is 15.6. The van der Waals surface area contributed by atoms with Crippen molar-refractivity contribution in [3.63, 3.8) is 0 Å². The molecule has 2 aromatic rings. The Bertz CT molecular complexity index is 793. The molecule has 1 aliphatic heterocycles. The van der Waals surface area contributed by atoms with Gasteiger partial charge in [0.05, 0.1) is 24.1 Å². The molecule has 1 aliphatic rings. The van der Waals surface area contributed by atoms with Crippen LogP contribution in [0.3, 0.4) is 0 Å². The van der Waals surface area contributed by atoms with Gasteiger partial charge in [0.15, 0.2) is 0 Å². The molecule has 132 valence electrons. The fraction of sp³-hybridized carbons (Fsp3) is 0.450. The molecule has 0 saturated carbocycles. The standard InChI is InChI=1S/C20H24N2O3/c1-13(2)18-12-16(15-6-4-5-7-17(15)21-18)19(23)22-10-8-14(9-11-22)20(24)25-3/h4-7,12-14H,8-11H2,1-3H3. The molecular formula is C20H24N2O3. The number of benzene rings is 1. The minimum absolute atomic E-state index is 0.0174. The van der Waals surface area contributed by atoms with Gasteiger partial charge in [0.1, 0.15) is 0 Å². The van der Waals surface area contributed by atoms with Crippen LogP contribution in [0.4, 0.5) is 0 Å². The molecule has 25 heavy (non-hydrogen) atoms. The minimum atomic E-state index is -0.177. The summed E-state index contributed by atoms with van der Waals surface area (Å²) in [6.07, 6.45) is 1.30. The largest absolute Gasteiger partial charge is 0.469 e. The average Bonchev–Trinajstić information content (AvgIpc) is 2.66. The van der Waals surface area contributed by atoms with Crippen molar-refractivity contribution in [2.75, 3.05) is 20.2 Å². The van der Waals surface area contributed by atoms with E-state index in [9.17, 15) is 9.59 Å². The molecule has 0 atom stereocenters. The maximum absolute atomic E-state index is 13.1. The Hall–Kier alpha value is -2.43. The van der Waals surface area contributed by atoms with Gasteiger partial charge in [-0.15, -0.1) is 0 Å². The van der Waals surface area contributed by atoms with Gasteiger partial charge < -0.3 is 9.64 Å². The zero-order valence-corrected chi connectivity index (χ0v) is 15.0. The molecule has 2 heterocycles. The monoisotopic (exact) mass is 340 g/mol. The van der Waals surface area contributed by atoms with Crippen LogP contribution in [0.5, 0.6) is 0 Å². The molecule has 1 aromatic heterocycles. The first-order valence-electron chi connectivity index (χ1n) is 8.78. The molecule has 0 spiro atoms. The Morgan fingerprint density at radius 1 is 1.20 bits per heavy atom. The number of carbonyl (C=O) groups is 2. The fourth-order valence-corrected chi connectivity index (χ4v) is 3.32. The van der Waals surface area contributed by atoms with Crippen LogP contribution in [-0.4, -0.2) is 42.0 Å². The molecule has 0 bridgehead atoms. The third-order valence-corrected chi connectivity index (χ3v) is 4.87. The molecule has 1 aromatic carbocycles. The number of para-hydroxylation sites is 1. The first kappa shape index (κ1) is 17.4. The third kappa shape index (κ3) is 3.50. The van der Waals surface area contributed by atoms with Crippen molar-refractivity contribution < 1.29 is 14.3 Å². The highest BCUT2D eigenvalue weighted by molar-refractivity contribution is 6.06. The number of nitrogens with zero attached hydrogens (tertiary/aromatic N) is 2. The second-order valence-electron chi connectivity index (χ2n) is 6.86. The predicted octanol–water partition coefficient (Wildman–Crippen LogP) is 3.38. The van der Waals surface area contributed by atoms with Crippen molar-refractivity contribution in [1.82, 2.24) is 9.88 Å². The van der Waals surface area contributed by atoms with Crippen LogP contribution >= 0.6 is 0 Å². The van der Waals surface area contributed by atoms with Crippen molar-refractivity contribution >= 4 is 22.8 Å². The Morgan fingerprint density at radius 3 is 2.52 bits per heavy atom. The number of ether oxygens (including phenoxy) is 1. The van der Waals surface area contributed by atoms with Crippen LogP contribution in [0.1, 0.15) is 48.7 Å². The summed E-state index contributed by atoms with van der Waals surface area (Å²) in [6, 6.07) is 9.68. The van der Waals surface area contributed by atoms with Crippen LogP contribution in [0.15, 0.2) is 30.3 Å². The highest BCUT2D eigenvalue weighted by Gasteiger charge is 2.29. The fourth-order valence-electron chi connectivity index (χ4n) is 3.32. The summed E-state index contributed by atoms with van der Waals surface area (Å²) in [5.74, 6) is -0.0111. The van der Waals surface area contributed by atoms with E-state index in [-0.39, 0.29) is 23.7 Å². The van der Waals surface area contributed by atoms with Crippen LogP contribution in [0.2, 0.25) is 0 Å². The molecule has 3 rings (SSSR count). The lowest BCUT2D eigenvalue weighted by Gasteiger charge is -2.31. The molecule has 5 nitrogen and oxygen atoms in total. The molecule has 0 N–H and O–H groups in total. The zero-order valence-electron chi connectivity index (χ0n) is 15.0. The van der Waals surface area contributed by atoms with Gasteiger partial charge in [-0.05, 0) is 30.9 Å². The second kappa shape index (κ2) is 7.21. The Balaban J connectivity index is 1.88. The van der Waals surface area contributed by atoms with Gasteiger partial charge >= 0.3 is 5.97 Å². The van der Waals surface area contributed by atoms with E-state index in [2.05, 4.69) is 18.8 Å². The van der Waals surface area contributed by atoms with Crippen molar-refractivity contribution in [3.8, 4) is 0 Å². The molecule has 0 radical (unpaired) electrons. The van der Waals surface area contributed by atoms with E-state index in [0.717, 1.165) is 16.6 Å². The molecule has 1 fully saturated rings. The molecule has 0 aliphatic carbocycles. The summed E-state index contributed by atoms with van der Waals surface area (Å²) in [5, 5.41) is 0.881. The van der Waals surface area contributed by atoms with E-state index in [4.69, 9.17) is 4.74 Å². The highest BCUT2D eigenvalue weighted by Crippen LogP contribution is 2.26. The lowest BCUT2D eigenvalue weighted by atomic mass is 9.95. The SMILES string of the molecule is COC(=O)C1CCN(C(=O)c2cc(C(C)C)nc3ccccc23)CC1. The van der Waals surface area contributed by atoms with Gasteiger partial charge in [0.25, 0.3) is 5.91 Å². The molecule has 1 amide bonds. The topological polar surface area (TPSA) is 59.5 Å². The Morgan fingerprint density at radius 2 is 1.88 bits per heavy atom. The summed E-state index contributed by atoms with van der Waals surface area (Å²) < 4.78 is 4.82. The van der Waals surface area contributed by atoms with Crippen LogP contribution in [0, 0.1) is 5.92 Å². The number of hydrogen-bond acceptors (Lipinski definition) is 4. The van der Waals surface area contributed by atoms with Gasteiger partial charge in [0, 0.05) is 24.2 Å². The van der Waals surface area contributed by atoms with Gasteiger partial charge in [-0.2, -0.15) is 0 Å². The number of esters is 1. The zero-order chi connectivity index (χ0) is 18.0. The summed E-state index contributed by atoms with van der Waals surface area (Å²) in [7, 11) is 1.41. The van der Waals surface area contributed by atoms with E-state index in [0.29, 0.717) is 31.5 Å². The maximum atomic E-state index is 13.1. The van der Waals surface area contributed by atoms with E-state index < -0.39 is 0 Å². The Kier molecular flexibility index (Phi) is 5.02. The number of aromatic nitrogens is 1. The van der Waals surface area contributed by atoms with Crippen LogP contribution in [-0.2, 0) is 9.53 Å². The Labute approximate surface area is 148 Å². The quantitative estimate of drug-likeness (QED) is 0.804. The van der Waals surface area contributed by atoms with Crippen molar-refractivity contribution in [2.24, 2.45) is 5.92 Å². The van der Waals surface area contributed by atoms with Crippen molar-refractivity contribution in [1.29, 1.82) is 0 Å². The first-order chi connectivity index (χ1) is 12.0. The van der Waals surface area contributed by atoms with E-state index in [1.165, 1.54) is 7.11 Å². The smallest absolute Gasteiger partial charge is 0.308 e. The van der Waals surface area contributed by atoms with E-state index in [1.807, 2.05) is 35.2 Å². The summed E-state index contributed by atoms with van der Waals surface area (Å²) in [4.78, 5) is 31.3. The number of fused-ring (bicyclic) bond motifs is 1. The number of hydrogen-bond donors (Lipinski definition) is 0. The molecular weight excluding hydrogens is 316 g/mol. The van der Waals surface area contributed by atoms with E-state index in [1.54, 1.807) is 0 Å². The first-order valence-corrected chi connectivity index (χ1v) is 8.78. The minimum Gasteiger partial charge on any atom is -0.469 e. The number of rotatable bonds is 3. The van der Waals surface area contributed by atoms with Gasteiger partial charge in [-0.1, -0.05) is 32.0 Å². The molecule has 5 heteroatoms. The summed E-state index contributed by atoms with van der Waals surface area (Å²) >= 11 is 0. The predicted molar refractivity (Wildman–Crippen MR) is 96.5 cm³/mol. The number of piperidine rings is 1. The number of amides is 1. The molecule has 1 saturated heterocycles. The van der Waals surface area contributed by atoms with Gasteiger partial charge in [0.2, 0.25) is 0 Å². The molecule has 0 unspecified atom stereocenters. The average molecular weight is 340 g/mol. The van der Waals surface area contributed by atoms with Gasteiger partial charge in [-0.25, -0.2) is 0 Å². The maximum Gasteiger partial charge on any atom is 0.308 e. The number of pyridine rings is 1. The van der Waals surface area contributed by atoms with Crippen LogP contribution in [0.25, 0.3) is 10.9 Å². The number of carbonyl (C=O) groups excluding carboxylic acids is 2. The number of methoxy groups -OCH3 is 1. The van der Waals surface area contributed by atoms with E-state index >= 15 is 0 Å². The summed E-state index contributed by atoms with van der Waals surface area (Å²) in [6.45, 7) is 5.30.